The molecule has 41 heavy (non-hydrogen) atoms. The van der Waals surface area contributed by atoms with Gasteiger partial charge < -0.3 is 21.1 Å². The van der Waals surface area contributed by atoms with E-state index in [1.54, 1.807) is 36.8 Å². The van der Waals surface area contributed by atoms with E-state index in [9.17, 15) is 14.7 Å². The summed E-state index contributed by atoms with van der Waals surface area (Å²) in [6.07, 6.45) is 4.35. The second-order valence-corrected chi connectivity index (χ2v) is 10.3. The molecular weight excluding hydrogens is 514 g/mol. The minimum Gasteiger partial charge on any atom is -0.390 e. The number of rotatable bonds is 12. The van der Waals surface area contributed by atoms with E-state index >= 15 is 0 Å². The number of aliphatic hydroxyl groups is 1. The summed E-state index contributed by atoms with van der Waals surface area (Å²) in [6.45, 7) is 5.99. The number of nitrogens with one attached hydrogen (secondary N) is 3. The highest BCUT2D eigenvalue weighted by atomic mass is 16.3. The smallest absolute Gasteiger partial charge is 0.251 e. The van der Waals surface area contributed by atoms with Crippen LogP contribution in [0.25, 0.3) is 0 Å². The number of carbonyl (C=O) groups excluding carboxylic acids is 2. The monoisotopic (exact) mass is 551 g/mol. The molecule has 0 aliphatic rings. The van der Waals surface area contributed by atoms with Crippen LogP contribution in [0.1, 0.15) is 69.0 Å². The van der Waals surface area contributed by atoms with Gasteiger partial charge >= 0.3 is 0 Å². The minimum absolute atomic E-state index is 0.0287. The first-order chi connectivity index (χ1) is 19.8. The molecule has 4 aromatic rings. The van der Waals surface area contributed by atoms with E-state index in [0.717, 1.165) is 16.7 Å². The average Bonchev–Trinajstić information content (AvgIpc) is 3.00. The van der Waals surface area contributed by atoms with Crippen molar-refractivity contribution in [2.24, 2.45) is 0 Å². The number of hydrogen-bond donors (Lipinski definition) is 4. The largest absolute Gasteiger partial charge is 0.390 e. The molecule has 0 aliphatic heterocycles. The number of nitrogens with zero attached hydrogens (tertiary/aromatic N) is 2. The maximum atomic E-state index is 13.5. The van der Waals surface area contributed by atoms with Crippen molar-refractivity contribution in [1.82, 2.24) is 25.9 Å². The van der Waals surface area contributed by atoms with E-state index in [2.05, 4.69) is 25.9 Å². The number of benzene rings is 3. The van der Waals surface area contributed by atoms with Crippen LogP contribution in [-0.4, -0.2) is 45.6 Å². The molecule has 1 aromatic heterocycles. The Kier molecular flexibility index (Phi) is 10.3. The van der Waals surface area contributed by atoms with Gasteiger partial charge in [-0.15, -0.1) is 0 Å². The summed E-state index contributed by atoms with van der Waals surface area (Å²) in [5.74, 6) is -0.679. The first-order valence-electron chi connectivity index (χ1n) is 13.8. The van der Waals surface area contributed by atoms with Crippen molar-refractivity contribution in [3.8, 4) is 0 Å². The maximum Gasteiger partial charge on any atom is 0.251 e. The van der Waals surface area contributed by atoms with Crippen LogP contribution in [0, 0.1) is 6.92 Å². The Morgan fingerprint density at radius 2 is 1.46 bits per heavy atom. The molecule has 1 unspecified atom stereocenters. The lowest BCUT2D eigenvalue weighted by Crippen LogP contribution is -2.49. The van der Waals surface area contributed by atoms with Crippen LogP contribution in [0.5, 0.6) is 0 Å². The van der Waals surface area contributed by atoms with E-state index in [1.165, 1.54) is 0 Å². The molecule has 0 saturated carbocycles. The van der Waals surface area contributed by atoms with Crippen LogP contribution >= 0.6 is 0 Å². The molecule has 4 N–H and O–H groups in total. The van der Waals surface area contributed by atoms with Crippen molar-refractivity contribution in [1.29, 1.82) is 0 Å². The summed E-state index contributed by atoms with van der Waals surface area (Å²) in [7, 11) is 0. The Bertz CT molecular complexity index is 1420. The molecule has 3 aromatic carbocycles. The summed E-state index contributed by atoms with van der Waals surface area (Å²) in [5, 5.41) is 20.5. The molecule has 0 bridgehead atoms. The van der Waals surface area contributed by atoms with Crippen molar-refractivity contribution in [3.63, 3.8) is 0 Å². The van der Waals surface area contributed by atoms with Gasteiger partial charge in [0.15, 0.2) is 0 Å². The zero-order valence-electron chi connectivity index (χ0n) is 23.6. The predicted octanol–water partition coefficient (Wildman–Crippen LogP) is 4.33. The highest BCUT2D eigenvalue weighted by Gasteiger charge is 2.24. The van der Waals surface area contributed by atoms with Crippen molar-refractivity contribution in [3.05, 3.63) is 131 Å². The lowest BCUT2D eigenvalue weighted by atomic mass is 9.99. The first kappa shape index (κ1) is 29.6. The van der Waals surface area contributed by atoms with Gasteiger partial charge in [0.2, 0.25) is 0 Å². The molecule has 0 aliphatic carbocycles. The second-order valence-electron chi connectivity index (χ2n) is 10.3. The fourth-order valence-electron chi connectivity index (χ4n) is 4.64. The lowest BCUT2D eigenvalue weighted by Gasteiger charge is -2.26. The van der Waals surface area contributed by atoms with Crippen LogP contribution < -0.4 is 16.0 Å². The van der Waals surface area contributed by atoms with Gasteiger partial charge in [-0.3, -0.25) is 19.6 Å². The number of amides is 2. The summed E-state index contributed by atoms with van der Waals surface area (Å²) >= 11 is 0. The summed E-state index contributed by atoms with van der Waals surface area (Å²) in [5.41, 5.74) is 4.23. The van der Waals surface area contributed by atoms with E-state index in [1.807, 2.05) is 81.4 Å². The zero-order chi connectivity index (χ0) is 29.2. The summed E-state index contributed by atoms with van der Waals surface area (Å²) in [4.78, 5) is 34.8. The van der Waals surface area contributed by atoms with Crippen LogP contribution in [-0.2, 0) is 6.42 Å². The third-order valence-electron chi connectivity index (χ3n) is 6.99. The second kappa shape index (κ2) is 14.3. The standard InChI is InChI=1S/C33H37N5O3/c1-22-16-27(32(40)37-24(3)30-20-34-14-15-35-30)19-28(17-22)33(41)38-29(18-25-10-6-4-7-11-25)31(39)21-36-23(2)26-12-8-5-9-13-26/h4-17,19-20,23-24,29,31,36,39H,18,21H2,1-3H3,(H,37,40)(H,38,41)/t23-,24?,29-,31+/m0/s1. The molecule has 8 heteroatoms. The van der Waals surface area contributed by atoms with Crippen molar-refractivity contribution in [2.75, 3.05) is 6.54 Å². The van der Waals surface area contributed by atoms with Crippen LogP contribution in [0.3, 0.4) is 0 Å². The maximum absolute atomic E-state index is 13.5. The van der Waals surface area contributed by atoms with E-state index in [4.69, 9.17) is 0 Å². The molecule has 0 fully saturated rings. The summed E-state index contributed by atoms with van der Waals surface area (Å²) < 4.78 is 0. The Morgan fingerprint density at radius 1 is 0.829 bits per heavy atom. The molecular formula is C33H37N5O3. The number of aliphatic hydroxyl groups excluding tert-OH is 1. The first-order valence-corrected chi connectivity index (χ1v) is 13.8. The van der Waals surface area contributed by atoms with Crippen LogP contribution in [0.15, 0.2) is 97.5 Å². The highest BCUT2D eigenvalue weighted by molar-refractivity contribution is 6.00. The van der Waals surface area contributed by atoms with E-state index < -0.39 is 12.1 Å². The predicted molar refractivity (Wildman–Crippen MR) is 159 cm³/mol. The van der Waals surface area contributed by atoms with Crippen molar-refractivity contribution in [2.45, 2.75) is 51.4 Å². The fourth-order valence-corrected chi connectivity index (χ4v) is 4.64. The van der Waals surface area contributed by atoms with Gasteiger partial charge in [-0.2, -0.15) is 0 Å². The number of carbonyl (C=O) groups is 2. The average molecular weight is 552 g/mol. The van der Waals surface area contributed by atoms with Crippen molar-refractivity contribution >= 4 is 11.8 Å². The van der Waals surface area contributed by atoms with Gasteiger partial charge in [0.05, 0.1) is 30.1 Å². The number of aromatic nitrogens is 2. The highest BCUT2D eigenvalue weighted by Crippen LogP contribution is 2.16. The van der Waals surface area contributed by atoms with Crippen molar-refractivity contribution < 1.29 is 14.7 Å². The Morgan fingerprint density at radius 3 is 2.10 bits per heavy atom. The lowest BCUT2D eigenvalue weighted by molar-refractivity contribution is 0.0825. The SMILES string of the molecule is Cc1cc(C(=O)NC(C)c2cnccn2)cc(C(=O)N[C@@H](Cc2ccccc2)[C@H](O)CN[C@@H](C)c2ccccc2)c1. The Labute approximate surface area is 241 Å². The van der Waals surface area contributed by atoms with E-state index in [0.29, 0.717) is 23.2 Å². The Hall–Kier alpha value is -4.40. The van der Waals surface area contributed by atoms with Gasteiger partial charge in [0, 0.05) is 36.1 Å². The Balaban J connectivity index is 1.47. The van der Waals surface area contributed by atoms with E-state index in [-0.39, 0.29) is 30.4 Å². The quantitative estimate of drug-likeness (QED) is 0.208. The minimum atomic E-state index is -0.856. The summed E-state index contributed by atoms with van der Waals surface area (Å²) in [6, 6.07) is 23.9. The van der Waals surface area contributed by atoms with Gasteiger partial charge in [-0.1, -0.05) is 60.7 Å². The molecule has 0 saturated heterocycles. The third kappa shape index (κ3) is 8.54. The van der Waals surface area contributed by atoms with Crippen LogP contribution in [0.4, 0.5) is 0 Å². The molecule has 1 heterocycles. The van der Waals surface area contributed by atoms with Crippen LogP contribution in [0.2, 0.25) is 0 Å². The normalized spacial score (nSPS) is 14.0. The third-order valence-corrected chi connectivity index (χ3v) is 6.99. The number of hydrogen-bond acceptors (Lipinski definition) is 6. The van der Waals surface area contributed by atoms with Gasteiger partial charge in [0.1, 0.15) is 0 Å². The molecule has 0 spiro atoms. The fraction of sp³-hybridized carbons (Fsp3) is 0.273. The topological polar surface area (TPSA) is 116 Å². The van der Waals surface area contributed by atoms with Gasteiger partial charge in [-0.25, -0.2) is 0 Å². The molecule has 0 radical (unpaired) electrons. The molecule has 4 atom stereocenters. The molecule has 212 valence electrons. The molecule has 8 nitrogen and oxygen atoms in total. The molecule has 2 amide bonds. The van der Waals surface area contributed by atoms with Gasteiger partial charge in [0.25, 0.3) is 11.8 Å². The molecule has 4 rings (SSSR count). The van der Waals surface area contributed by atoms with Gasteiger partial charge in [-0.05, 0) is 62.1 Å². The zero-order valence-corrected chi connectivity index (χ0v) is 23.6. The number of aryl methyl sites for hydroxylation is 1.